The van der Waals surface area contributed by atoms with Crippen molar-refractivity contribution in [2.75, 3.05) is 18.1 Å². The van der Waals surface area contributed by atoms with Crippen LogP contribution in [0, 0.1) is 0 Å². The lowest BCUT2D eigenvalue weighted by Gasteiger charge is -2.40. The molecule has 3 aromatic rings. The summed E-state index contributed by atoms with van der Waals surface area (Å²) in [6, 6.07) is 9.10. The van der Waals surface area contributed by atoms with Crippen LogP contribution in [0.3, 0.4) is 0 Å². The van der Waals surface area contributed by atoms with E-state index in [0.717, 1.165) is 17.4 Å². The van der Waals surface area contributed by atoms with Gasteiger partial charge in [-0.05, 0) is 48.7 Å². The summed E-state index contributed by atoms with van der Waals surface area (Å²) in [5, 5.41) is 10.7. The maximum absolute atomic E-state index is 13.5. The minimum Gasteiger partial charge on any atom is -0.406 e. The lowest BCUT2D eigenvalue weighted by molar-refractivity contribution is -0.0485. The molecule has 1 aromatic carbocycles. The van der Waals surface area contributed by atoms with Gasteiger partial charge in [-0.15, -0.1) is 9.42 Å². The van der Waals surface area contributed by atoms with Gasteiger partial charge in [0, 0.05) is 22.9 Å². The Morgan fingerprint density at radius 1 is 1.20 bits per heavy atom. The Bertz CT molecular complexity index is 1410. The zero-order valence-electron chi connectivity index (χ0n) is 23.4. The third kappa shape index (κ3) is 5.25. The highest BCUT2D eigenvalue weighted by molar-refractivity contribution is 7.32. The van der Waals surface area contributed by atoms with Gasteiger partial charge >= 0.3 is 8.25 Å². The molecule has 2 aliphatic heterocycles. The van der Waals surface area contributed by atoms with E-state index in [2.05, 4.69) is 43.8 Å². The fourth-order valence-corrected chi connectivity index (χ4v) is 6.90. The molecule has 0 spiro atoms. The monoisotopic (exact) mass is 587 g/mol. The summed E-state index contributed by atoms with van der Waals surface area (Å²) in [6.07, 6.45) is 1.30. The van der Waals surface area contributed by atoms with Crippen LogP contribution >= 0.6 is 8.25 Å². The molecule has 4 heterocycles. The van der Waals surface area contributed by atoms with Crippen molar-refractivity contribution in [3.63, 3.8) is 0 Å². The number of aliphatic hydroxyl groups excluding tert-OH is 1. The molecule has 1 saturated heterocycles. The Hall–Kier alpha value is -2.57. The van der Waals surface area contributed by atoms with Gasteiger partial charge in [-0.25, -0.2) is 9.97 Å². The van der Waals surface area contributed by atoms with E-state index in [1.54, 1.807) is 17.0 Å². The third-order valence-corrected chi connectivity index (χ3v) is 13.1. The Balaban J connectivity index is 1.61. The molecule has 1 amide bonds. The molecular formula is C27H36N4O7PSi+. The number of carbonyl (C=O) groups excluding carboxylic acids is 1. The van der Waals surface area contributed by atoms with E-state index >= 15 is 0 Å². The predicted octanol–water partition coefficient (Wildman–Crippen LogP) is 4.34. The molecule has 5 rings (SSSR count). The first kappa shape index (κ1) is 28.9. The second kappa shape index (κ2) is 11.0. The summed E-state index contributed by atoms with van der Waals surface area (Å²) in [5.74, 6) is 0.382. The lowest BCUT2D eigenvalue weighted by atomic mass is 10.1. The number of amides is 1. The van der Waals surface area contributed by atoms with E-state index in [9.17, 15) is 19.4 Å². The highest BCUT2D eigenvalue weighted by Crippen LogP contribution is 2.45. The number of anilines is 1. The fraction of sp³-hybridized carbons (Fsp3) is 0.519. The molecular weight excluding hydrogens is 551 g/mol. The average molecular weight is 588 g/mol. The summed E-state index contributed by atoms with van der Waals surface area (Å²) in [7, 11) is -5.42. The van der Waals surface area contributed by atoms with Gasteiger partial charge in [0.15, 0.2) is 20.6 Å². The molecule has 214 valence electrons. The van der Waals surface area contributed by atoms with Crippen LogP contribution in [-0.4, -0.2) is 70.2 Å². The second-order valence-electron chi connectivity index (χ2n) is 11.8. The molecule has 13 heteroatoms. The molecule has 1 fully saturated rings. The molecule has 2 N–H and O–H groups in total. The molecule has 0 saturated carbocycles. The van der Waals surface area contributed by atoms with Gasteiger partial charge in [-0.1, -0.05) is 39.0 Å². The Labute approximate surface area is 235 Å². The van der Waals surface area contributed by atoms with Crippen LogP contribution < -0.4 is 4.90 Å². The van der Waals surface area contributed by atoms with Gasteiger partial charge < -0.3 is 18.8 Å². The van der Waals surface area contributed by atoms with Gasteiger partial charge in [-0.3, -0.25) is 9.69 Å². The molecule has 0 radical (unpaired) electrons. The van der Waals surface area contributed by atoms with Crippen LogP contribution in [0.5, 0.6) is 0 Å². The molecule has 2 unspecified atom stereocenters. The van der Waals surface area contributed by atoms with Crippen molar-refractivity contribution < 1.29 is 33.0 Å². The van der Waals surface area contributed by atoms with Gasteiger partial charge in [0.05, 0.1) is 12.0 Å². The summed E-state index contributed by atoms with van der Waals surface area (Å²) < 4.78 is 32.1. The number of rotatable bonds is 7. The normalized spacial score (nSPS) is 23.9. The molecule has 40 heavy (non-hydrogen) atoms. The SMILES string of the molecule is CC(C)(C)[Si](C)(C)O[C@@H]1C(O[P+](=O)O)[C@@H](CO)O[C@H]1n1cc2c3c(ncnc31)N(C(=O)c1ccccc1)CCC2. The van der Waals surface area contributed by atoms with Crippen LogP contribution in [0.4, 0.5) is 5.82 Å². The zero-order chi connectivity index (χ0) is 28.8. The first-order chi connectivity index (χ1) is 18.9. The first-order valence-electron chi connectivity index (χ1n) is 13.4. The van der Waals surface area contributed by atoms with E-state index in [1.165, 1.54) is 6.33 Å². The second-order valence-corrected chi connectivity index (χ2v) is 17.2. The summed E-state index contributed by atoms with van der Waals surface area (Å²) >= 11 is 0. The number of hydrogen-bond acceptors (Lipinski definition) is 8. The number of benzene rings is 1. The maximum Gasteiger partial charge on any atom is 0.695 e. The van der Waals surface area contributed by atoms with Crippen molar-refractivity contribution in [1.29, 1.82) is 0 Å². The van der Waals surface area contributed by atoms with Gasteiger partial charge in [0.25, 0.3) is 5.91 Å². The Morgan fingerprint density at radius 3 is 2.58 bits per heavy atom. The highest BCUT2D eigenvalue weighted by Gasteiger charge is 2.55. The van der Waals surface area contributed by atoms with E-state index in [4.69, 9.17) is 13.7 Å². The predicted molar refractivity (Wildman–Crippen MR) is 152 cm³/mol. The summed E-state index contributed by atoms with van der Waals surface area (Å²) in [4.78, 5) is 34.0. The van der Waals surface area contributed by atoms with Crippen LogP contribution in [-0.2, 0) is 24.7 Å². The van der Waals surface area contributed by atoms with Crippen LogP contribution in [0.25, 0.3) is 11.0 Å². The highest BCUT2D eigenvalue weighted by atomic mass is 31.1. The quantitative estimate of drug-likeness (QED) is 0.306. The van der Waals surface area contributed by atoms with Gasteiger partial charge in [-0.2, -0.15) is 0 Å². The lowest BCUT2D eigenvalue weighted by Crippen LogP contribution is -2.49. The van der Waals surface area contributed by atoms with Crippen LogP contribution in [0.15, 0.2) is 42.9 Å². The van der Waals surface area contributed by atoms with Crippen molar-refractivity contribution in [3.8, 4) is 0 Å². The van der Waals surface area contributed by atoms with Crippen LogP contribution in [0.1, 0.15) is 49.3 Å². The third-order valence-electron chi connectivity index (χ3n) is 8.21. The Morgan fingerprint density at radius 2 is 1.93 bits per heavy atom. The molecule has 0 bridgehead atoms. The largest absolute Gasteiger partial charge is 0.695 e. The number of nitrogens with zero attached hydrogens (tertiary/aromatic N) is 4. The smallest absolute Gasteiger partial charge is 0.406 e. The molecule has 11 nitrogen and oxygen atoms in total. The first-order valence-corrected chi connectivity index (χ1v) is 17.4. The van der Waals surface area contributed by atoms with Crippen molar-refractivity contribution in [1.82, 2.24) is 14.5 Å². The molecule has 0 aliphatic carbocycles. The molecule has 2 aliphatic rings. The number of aliphatic hydroxyl groups is 1. The van der Waals surface area contributed by atoms with Crippen LogP contribution in [0.2, 0.25) is 18.1 Å². The van der Waals surface area contributed by atoms with Crippen molar-refractivity contribution in [2.45, 2.75) is 76.3 Å². The van der Waals surface area contributed by atoms with Crippen molar-refractivity contribution in [3.05, 3.63) is 54.0 Å². The minimum atomic E-state index is -2.98. The fourth-order valence-electron chi connectivity index (χ4n) is 5.15. The van der Waals surface area contributed by atoms with E-state index in [0.29, 0.717) is 30.0 Å². The van der Waals surface area contributed by atoms with Crippen molar-refractivity contribution in [2.24, 2.45) is 0 Å². The standard InChI is InChI=1S/C27H35N4O7PSi/c1-27(2,3)40(4,5)38-22-21(37-39(34)35)19(15-32)36-26(22)31-14-18-12-9-13-30(23-20(18)24(31)29-16-28-23)25(33)17-10-7-6-8-11-17/h6-8,10-11,14,16,19,21-22,26,32H,9,12-13,15H2,1-5H3/p+1/t19-,21?,22-,26-/m1/s1. The summed E-state index contributed by atoms with van der Waals surface area (Å²) in [5.41, 5.74) is 2.08. The number of hydrogen-bond donors (Lipinski definition) is 2. The average Bonchev–Trinajstić information content (AvgIpc) is 3.36. The molecule has 5 atom stereocenters. The zero-order valence-corrected chi connectivity index (χ0v) is 25.2. The minimum absolute atomic E-state index is 0.141. The van der Waals surface area contributed by atoms with E-state index < -0.39 is 47.7 Å². The number of aryl methyl sites for hydroxylation is 1. The van der Waals surface area contributed by atoms with Gasteiger partial charge in [0.1, 0.15) is 30.0 Å². The van der Waals surface area contributed by atoms with E-state index in [-0.39, 0.29) is 10.9 Å². The summed E-state index contributed by atoms with van der Waals surface area (Å²) in [6.45, 7) is 10.5. The maximum atomic E-state index is 13.5. The Kier molecular flexibility index (Phi) is 7.97. The van der Waals surface area contributed by atoms with Crippen molar-refractivity contribution >= 4 is 39.3 Å². The van der Waals surface area contributed by atoms with Gasteiger partial charge in [0.2, 0.25) is 0 Å². The topological polar surface area (TPSA) is 136 Å². The molecule has 2 aromatic heterocycles. The number of aromatic nitrogens is 3. The number of carbonyl (C=O) groups is 1. The number of ether oxygens (including phenoxy) is 1. The van der Waals surface area contributed by atoms with E-state index in [1.807, 2.05) is 29.0 Å².